The molecule has 0 amide bonds. The molecule has 2 rings (SSSR count). The summed E-state index contributed by atoms with van der Waals surface area (Å²) in [5, 5.41) is 0. The topological polar surface area (TPSA) is 35.5 Å². The number of carbonyl (C=O) groups excluding carboxylic acids is 1. The molecule has 3 heteroatoms. The molecular weight excluding hydrogens is 264 g/mol. The average Bonchev–Trinajstić information content (AvgIpc) is 2.74. The maximum Gasteiger partial charge on any atom is 0.309 e. The first kappa shape index (κ1) is 15.9. The molecule has 1 aromatic carbocycles. The molecule has 0 heterocycles. The Labute approximate surface area is 127 Å². The summed E-state index contributed by atoms with van der Waals surface area (Å²) in [5.74, 6) is 1.57. The molecular formula is C18H26O3. The van der Waals surface area contributed by atoms with Gasteiger partial charge in [-0.2, -0.15) is 0 Å². The van der Waals surface area contributed by atoms with Crippen LogP contribution in [0.2, 0.25) is 0 Å². The van der Waals surface area contributed by atoms with Crippen LogP contribution in [0.1, 0.15) is 51.0 Å². The van der Waals surface area contributed by atoms with E-state index in [1.807, 2.05) is 24.3 Å². The van der Waals surface area contributed by atoms with Gasteiger partial charge in [-0.3, -0.25) is 4.79 Å². The van der Waals surface area contributed by atoms with Crippen LogP contribution in [0, 0.1) is 5.92 Å². The van der Waals surface area contributed by atoms with Crippen LogP contribution in [-0.2, 0) is 16.0 Å². The normalized spacial score (nSPS) is 22.4. The van der Waals surface area contributed by atoms with Crippen LogP contribution in [0.4, 0.5) is 0 Å². The van der Waals surface area contributed by atoms with Crippen molar-refractivity contribution in [2.75, 3.05) is 7.11 Å². The van der Waals surface area contributed by atoms with Gasteiger partial charge in [0.2, 0.25) is 0 Å². The predicted octanol–water partition coefficient (Wildman–Crippen LogP) is 4.14. The molecule has 1 aromatic rings. The van der Waals surface area contributed by atoms with Crippen molar-refractivity contribution in [1.82, 2.24) is 0 Å². The van der Waals surface area contributed by atoms with Gasteiger partial charge in [-0.1, -0.05) is 31.9 Å². The van der Waals surface area contributed by atoms with Crippen LogP contribution in [0.5, 0.6) is 5.75 Å². The van der Waals surface area contributed by atoms with Crippen molar-refractivity contribution in [3.63, 3.8) is 0 Å². The van der Waals surface area contributed by atoms with E-state index in [4.69, 9.17) is 4.74 Å². The molecule has 0 radical (unpaired) electrons. The summed E-state index contributed by atoms with van der Waals surface area (Å²) < 4.78 is 10.8. The fourth-order valence-electron chi connectivity index (χ4n) is 2.99. The molecule has 0 spiro atoms. The van der Waals surface area contributed by atoms with Crippen molar-refractivity contribution in [2.24, 2.45) is 5.92 Å². The molecule has 116 valence electrons. The van der Waals surface area contributed by atoms with Crippen LogP contribution in [-0.4, -0.2) is 19.2 Å². The Morgan fingerprint density at radius 3 is 2.57 bits per heavy atom. The van der Waals surface area contributed by atoms with Crippen molar-refractivity contribution < 1.29 is 14.3 Å². The van der Waals surface area contributed by atoms with Gasteiger partial charge in [0.15, 0.2) is 0 Å². The molecule has 0 aromatic heterocycles. The minimum atomic E-state index is -0.210. The van der Waals surface area contributed by atoms with Crippen molar-refractivity contribution in [3.05, 3.63) is 29.8 Å². The summed E-state index contributed by atoms with van der Waals surface area (Å²) in [6.45, 7) is 2.28. The van der Waals surface area contributed by atoms with Crippen molar-refractivity contribution in [3.8, 4) is 5.75 Å². The molecule has 0 bridgehead atoms. The first-order valence-corrected chi connectivity index (χ1v) is 8.03. The van der Waals surface area contributed by atoms with E-state index in [-0.39, 0.29) is 5.97 Å². The van der Waals surface area contributed by atoms with Gasteiger partial charge in [-0.05, 0) is 49.3 Å². The monoisotopic (exact) mass is 290 g/mol. The Bertz CT molecular complexity index is 438. The number of methoxy groups -OCH3 is 1. The van der Waals surface area contributed by atoms with E-state index >= 15 is 0 Å². The lowest BCUT2D eigenvalue weighted by molar-refractivity contribution is -0.139. The lowest BCUT2D eigenvalue weighted by Gasteiger charge is -2.17. The molecule has 2 unspecified atom stereocenters. The van der Waals surface area contributed by atoms with Crippen LogP contribution in [0.25, 0.3) is 0 Å². The van der Waals surface area contributed by atoms with Gasteiger partial charge in [0.1, 0.15) is 5.75 Å². The van der Waals surface area contributed by atoms with E-state index in [1.54, 1.807) is 0 Å². The highest BCUT2D eigenvalue weighted by atomic mass is 16.5. The second-order valence-corrected chi connectivity index (χ2v) is 5.92. The van der Waals surface area contributed by atoms with Gasteiger partial charge >= 0.3 is 5.97 Å². The van der Waals surface area contributed by atoms with Gasteiger partial charge in [-0.25, -0.2) is 0 Å². The van der Waals surface area contributed by atoms with Gasteiger partial charge in [0.05, 0.1) is 19.6 Å². The molecule has 21 heavy (non-hydrogen) atoms. The van der Waals surface area contributed by atoms with Crippen LogP contribution in [0.15, 0.2) is 24.3 Å². The first-order valence-electron chi connectivity index (χ1n) is 8.03. The number of ether oxygens (including phenoxy) is 2. The number of benzene rings is 1. The maximum atomic E-state index is 11.2. The van der Waals surface area contributed by atoms with E-state index in [9.17, 15) is 4.79 Å². The standard InChI is InChI=1S/C18H26O3/c1-3-14-5-4-6-16(10-7-14)21-17-11-8-15(9-12-17)13-18(19)20-2/h8-9,11-12,14,16H,3-7,10,13H2,1-2H3. The second-order valence-electron chi connectivity index (χ2n) is 5.92. The Morgan fingerprint density at radius 2 is 1.90 bits per heavy atom. The van der Waals surface area contributed by atoms with Crippen LogP contribution < -0.4 is 4.74 Å². The van der Waals surface area contributed by atoms with Gasteiger partial charge < -0.3 is 9.47 Å². The second kappa shape index (κ2) is 8.06. The largest absolute Gasteiger partial charge is 0.490 e. The molecule has 1 aliphatic rings. The van der Waals surface area contributed by atoms with Crippen molar-refractivity contribution in [1.29, 1.82) is 0 Å². The smallest absolute Gasteiger partial charge is 0.309 e. The fourth-order valence-corrected chi connectivity index (χ4v) is 2.99. The predicted molar refractivity (Wildman–Crippen MR) is 83.4 cm³/mol. The summed E-state index contributed by atoms with van der Waals surface area (Å²) in [6.07, 6.45) is 8.14. The molecule has 0 aliphatic heterocycles. The van der Waals surface area contributed by atoms with Gasteiger partial charge in [0, 0.05) is 0 Å². The van der Waals surface area contributed by atoms with Crippen molar-refractivity contribution >= 4 is 5.97 Å². The third-order valence-electron chi connectivity index (χ3n) is 4.41. The minimum Gasteiger partial charge on any atom is -0.490 e. The van der Waals surface area contributed by atoms with Gasteiger partial charge in [0.25, 0.3) is 0 Å². The Hall–Kier alpha value is -1.51. The average molecular weight is 290 g/mol. The minimum absolute atomic E-state index is 0.210. The third-order valence-corrected chi connectivity index (χ3v) is 4.41. The third kappa shape index (κ3) is 5.07. The molecule has 1 aliphatic carbocycles. The summed E-state index contributed by atoms with van der Waals surface area (Å²) in [4.78, 5) is 11.2. The lowest BCUT2D eigenvalue weighted by Crippen LogP contribution is -2.15. The van der Waals surface area contributed by atoms with Crippen LogP contribution in [0.3, 0.4) is 0 Å². The van der Waals surface area contributed by atoms with E-state index in [0.29, 0.717) is 12.5 Å². The van der Waals surface area contributed by atoms with E-state index in [0.717, 1.165) is 30.1 Å². The number of rotatable bonds is 5. The molecule has 0 N–H and O–H groups in total. The quantitative estimate of drug-likeness (QED) is 0.604. The molecule has 3 nitrogen and oxygen atoms in total. The van der Waals surface area contributed by atoms with E-state index in [1.165, 1.54) is 32.8 Å². The van der Waals surface area contributed by atoms with Gasteiger partial charge in [-0.15, -0.1) is 0 Å². The number of carbonyl (C=O) groups is 1. The fraction of sp³-hybridized carbons (Fsp3) is 0.611. The summed E-state index contributed by atoms with van der Waals surface area (Å²) in [6, 6.07) is 7.80. The lowest BCUT2D eigenvalue weighted by atomic mass is 9.98. The Balaban J connectivity index is 1.86. The maximum absolute atomic E-state index is 11.2. The van der Waals surface area contributed by atoms with Crippen LogP contribution >= 0.6 is 0 Å². The highest BCUT2D eigenvalue weighted by Crippen LogP contribution is 2.28. The molecule has 1 fully saturated rings. The van der Waals surface area contributed by atoms with E-state index < -0.39 is 0 Å². The summed E-state index contributed by atoms with van der Waals surface area (Å²) in [7, 11) is 1.41. The SMILES string of the molecule is CCC1CCCC(Oc2ccc(CC(=O)OC)cc2)CC1. The molecule has 0 saturated heterocycles. The Kier molecular flexibility index (Phi) is 6.09. The molecule has 1 saturated carbocycles. The summed E-state index contributed by atoms with van der Waals surface area (Å²) in [5.41, 5.74) is 0.959. The Morgan fingerprint density at radius 1 is 1.14 bits per heavy atom. The number of hydrogen-bond donors (Lipinski definition) is 0. The zero-order chi connectivity index (χ0) is 15.1. The highest BCUT2D eigenvalue weighted by molar-refractivity contribution is 5.72. The summed E-state index contributed by atoms with van der Waals surface area (Å²) >= 11 is 0. The van der Waals surface area contributed by atoms with Crippen molar-refractivity contribution in [2.45, 2.75) is 58.0 Å². The highest BCUT2D eigenvalue weighted by Gasteiger charge is 2.18. The molecule has 2 atom stereocenters. The number of esters is 1. The van der Waals surface area contributed by atoms with E-state index in [2.05, 4.69) is 11.7 Å². The zero-order valence-electron chi connectivity index (χ0n) is 13.1. The first-order chi connectivity index (χ1) is 10.2. The number of hydrogen-bond acceptors (Lipinski definition) is 3. The zero-order valence-corrected chi connectivity index (χ0v) is 13.1.